The average Bonchev–Trinajstić information content (AvgIpc) is 3.16. The van der Waals surface area contributed by atoms with Gasteiger partial charge in [-0.15, -0.1) is 0 Å². The van der Waals surface area contributed by atoms with E-state index in [1.165, 1.54) is 83.0 Å². The van der Waals surface area contributed by atoms with E-state index < -0.39 is 0 Å². The number of nitrogens with zero attached hydrogens (tertiary/aromatic N) is 1. The molecule has 7 rings (SSSR count). The van der Waals surface area contributed by atoms with Crippen molar-refractivity contribution in [2.75, 3.05) is 0 Å². The van der Waals surface area contributed by atoms with E-state index in [4.69, 9.17) is 0 Å². The normalized spacial score (nSPS) is 12.0. The number of fused-ring (bicyclic) bond motifs is 12. The van der Waals surface area contributed by atoms with Gasteiger partial charge in [0.1, 0.15) is 0 Å². The summed E-state index contributed by atoms with van der Waals surface area (Å²) in [5.74, 6) is 0. The van der Waals surface area contributed by atoms with Crippen LogP contribution >= 0.6 is 0 Å². The molecule has 0 amide bonds. The lowest BCUT2D eigenvalue weighted by Crippen LogP contribution is -1.99. The number of hydrogen-bond acceptors (Lipinski definition) is 0. The molecule has 6 aromatic rings. The highest BCUT2D eigenvalue weighted by molar-refractivity contribution is 6.22. The lowest BCUT2D eigenvalue weighted by atomic mass is 9.79. The van der Waals surface area contributed by atoms with Crippen molar-refractivity contribution >= 4 is 21.8 Å². The number of hydrogen-bond donors (Lipinski definition) is 0. The van der Waals surface area contributed by atoms with Crippen LogP contribution in [0.2, 0.25) is 0 Å². The molecule has 0 fully saturated rings. The Kier molecular flexibility index (Phi) is 4.17. The third kappa shape index (κ3) is 2.70. The van der Waals surface area contributed by atoms with E-state index in [9.17, 15) is 0 Å². The molecule has 0 aliphatic heterocycles. The summed E-state index contributed by atoms with van der Waals surface area (Å²) in [6.07, 6.45) is 0. The summed E-state index contributed by atoms with van der Waals surface area (Å²) in [6.45, 7) is 6.72. The van der Waals surface area contributed by atoms with E-state index >= 15 is 0 Å². The molecule has 168 valence electrons. The quantitative estimate of drug-likeness (QED) is 0.217. The van der Waals surface area contributed by atoms with Gasteiger partial charge < -0.3 is 4.57 Å². The van der Waals surface area contributed by atoms with Gasteiger partial charge in [-0.3, -0.25) is 0 Å². The molecule has 1 heterocycles. The van der Waals surface area contributed by atoms with Crippen LogP contribution in [0, 0.1) is 20.8 Å². The molecule has 0 N–H and O–H groups in total. The number of aromatic nitrogens is 1. The molecule has 1 aromatic heterocycles. The summed E-state index contributed by atoms with van der Waals surface area (Å²) in [6, 6.07) is 33.9. The molecule has 1 aliphatic rings. The zero-order chi connectivity index (χ0) is 23.8. The second-order valence-corrected chi connectivity index (χ2v) is 10.0. The first-order chi connectivity index (χ1) is 17.0. The molecule has 0 spiro atoms. The van der Waals surface area contributed by atoms with E-state index in [2.05, 4.69) is 123 Å². The second kappa shape index (κ2) is 7.20. The van der Waals surface area contributed by atoms with Gasteiger partial charge in [-0.2, -0.15) is 0 Å². The monoisotopic (exact) mass is 449 g/mol. The Labute approximate surface area is 206 Å². The Bertz CT molecular complexity index is 1830. The molecule has 0 unspecified atom stereocenters. The Morgan fingerprint density at radius 2 is 0.943 bits per heavy atom. The first kappa shape index (κ1) is 20.3. The molecule has 35 heavy (non-hydrogen) atoms. The standard InChI is InChI=1S/C34H27N/c1-20-17-21(2)33-30(18-20)32-31-28-16-10-9-14-26(28)24-12-6-5-11-23(24)25-13-7-8-15-27(25)29(31)19-22(3)34(32)35(33)4/h5-19H,1-4H3. The first-order valence-corrected chi connectivity index (χ1v) is 12.4. The van der Waals surface area contributed by atoms with Crippen LogP contribution in [0.25, 0.3) is 66.3 Å². The van der Waals surface area contributed by atoms with E-state index in [-0.39, 0.29) is 0 Å². The van der Waals surface area contributed by atoms with Crippen molar-refractivity contribution < 1.29 is 0 Å². The topological polar surface area (TPSA) is 4.93 Å². The molecule has 0 saturated heterocycles. The van der Waals surface area contributed by atoms with Crippen LogP contribution in [0.1, 0.15) is 16.7 Å². The van der Waals surface area contributed by atoms with Crippen molar-refractivity contribution in [3.05, 3.63) is 108 Å². The van der Waals surface area contributed by atoms with Gasteiger partial charge in [0.2, 0.25) is 0 Å². The summed E-state index contributed by atoms with van der Waals surface area (Å²) in [7, 11) is 2.23. The minimum Gasteiger partial charge on any atom is -0.343 e. The van der Waals surface area contributed by atoms with Crippen molar-refractivity contribution in [1.29, 1.82) is 0 Å². The predicted molar refractivity (Wildman–Crippen MR) is 150 cm³/mol. The second-order valence-electron chi connectivity index (χ2n) is 10.0. The van der Waals surface area contributed by atoms with Crippen molar-refractivity contribution in [2.45, 2.75) is 20.8 Å². The van der Waals surface area contributed by atoms with Crippen LogP contribution in [-0.4, -0.2) is 4.57 Å². The predicted octanol–water partition coefficient (Wildman–Crippen LogP) is 9.24. The van der Waals surface area contributed by atoms with Gasteiger partial charge >= 0.3 is 0 Å². The van der Waals surface area contributed by atoms with E-state index in [1.807, 2.05) is 0 Å². The van der Waals surface area contributed by atoms with Crippen LogP contribution in [0.15, 0.2) is 91.0 Å². The number of benzene rings is 5. The smallest absolute Gasteiger partial charge is 0.0525 e. The fraction of sp³-hybridized carbons (Fsp3) is 0.118. The van der Waals surface area contributed by atoms with Crippen molar-refractivity contribution in [3.8, 4) is 44.5 Å². The SMILES string of the molecule is Cc1cc(C)c2c(c1)c1c3c(cc(C)c1n2C)-c1ccccc1-c1ccccc1-c1ccccc1-3. The van der Waals surface area contributed by atoms with Gasteiger partial charge in [0, 0.05) is 23.4 Å². The first-order valence-electron chi connectivity index (χ1n) is 12.4. The molecule has 0 saturated carbocycles. The maximum absolute atomic E-state index is 2.42. The lowest BCUT2D eigenvalue weighted by molar-refractivity contribution is 1.00. The van der Waals surface area contributed by atoms with Crippen LogP contribution < -0.4 is 0 Å². The Hall–Kier alpha value is -4.10. The number of rotatable bonds is 0. The molecule has 0 atom stereocenters. The van der Waals surface area contributed by atoms with Gasteiger partial charge in [-0.25, -0.2) is 0 Å². The molecule has 0 bridgehead atoms. The molecule has 1 heteroatoms. The Balaban J connectivity index is 1.80. The fourth-order valence-electron chi connectivity index (χ4n) is 6.54. The van der Waals surface area contributed by atoms with Gasteiger partial charge in [0.15, 0.2) is 0 Å². The third-order valence-corrected chi connectivity index (χ3v) is 7.80. The highest BCUT2D eigenvalue weighted by Crippen LogP contribution is 2.52. The third-order valence-electron chi connectivity index (χ3n) is 7.80. The minimum atomic E-state index is 1.29. The van der Waals surface area contributed by atoms with Crippen LogP contribution in [0.4, 0.5) is 0 Å². The average molecular weight is 450 g/mol. The summed E-state index contributed by atoms with van der Waals surface area (Å²) in [4.78, 5) is 0. The molecule has 1 nitrogen and oxygen atoms in total. The highest BCUT2D eigenvalue weighted by Gasteiger charge is 2.26. The van der Waals surface area contributed by atoms with Crippen LogP contribution in [0.5, 0.6) is 0 Å². The minimum absolute atomic E-state index is 1.29. The molecular weight excluding hydrogens is 422 g/mol. The molecule has 1 aliphatic carbocycles. The molecule has 5 aromatic carbocycles. The summed E-state index contributed by atoms with van der Waals surface area (Å²) >= 11 is 0. The van der Waals surface area contributed by atoms with Gasteiger partial charge in [0.05, 0.1) is 11.0 Å². The van der Waals surface area contributed by atoms with Gasteiger partial charge in [0.25, 0.3) is 0 Å². The van der Waals surface area contributed by atoms with Gasteiger partial charge in [-0.05, 0) is 83.0 Å². The highest BCUT2D eigenvalue weighted by atomic mass is 14.9. The maximum atomic E-state index is 2.42. The van der Waals surface area contributed by atoms with Crippen LogP contribution in [0.3, 0.4) is 0 Å². The van der Waals surface area contributed by atoms with Crippen molar-refractivity contribution in [1.82, 2.24) is 4.57 Å². The zero-order valence-corrected chi connectivity index (χ0v) is 20.6. The Morgan fingerprint density at radius 3 is 1.51 bits per heavy atom. The molecule has 0 radical (unpaired) electrons. The largest absolute Gasteiger partial charge is 0.343 e. The fourth-order valence-corrected chi connectivity index (χ4v) is 6.54. The number of aryl methyl sites for hydroxylation is 4. The summed E-state index contributed by atoms with van der Waals surface area (Å²) in [5, 5.41) is 2.71. The van der Waals surface area contributed by atoms with Crippen molar-refractivity contribution in [2.24, 2.45) is 7.05 Å². The van der Waals surface area contributed by atoms with E-state index in [0.29, 0.717) is 0 Å². The molecular formula is C34H27N. The van der Waals surface area contributed by atoms with Gasteiger partial charge in [-0.1, -0.05) is 84.4 Å². The summed E-state index contributed by atoms with van der Waals surface area (Å²) < 4.78 is 2.41. The maximum Gasteiger partial charge on any atom is 0.0525 e. The van der Waals surface area contributed by atoms with Crippen LogP contribution in [-0.2, 0) is 7.05 Å². The van der Waals surface area contributed by atoms with E-state index in [1.54, 1.807) is 0 Å². The lowest BCUT2D eigenvalue weighted by Gasteiger charge is -2.24. The van der Waals surface area contributed by atoms with E-state index in [0.717, 1.165) is 0 Å². The zero-order valence-electron chi connectivity index (χ0n) is 20.6. The van der Waals surface area contributed by atoms with Crippen molar-refractivity contribution in [3.63, 3.8) is 0 Å². The summed E-state index contributed by atoms with van der Waals surface area (Å²) in [5.41, 5.74) is 17.1. The Morgan fingerprint density at radius 1 is 0.486 bits per heavy atom.